The SMILES string of the molecule is NCCN(C(=O)c1cccc(Cl)c1Cl)c1ccc(Cl)cc1. The minimum atomic E-state index is -0.254. The van der Waals surface area contributed by atoms with E-state index in [4.69, 9.17) is 40.5 Å². The number of halogens is 3. The highest BCUT2D eigenvalue weighted by Gasteiger charge is 2.20. The summed E-state index contributed by atoms with van der Waals surface area (Å²) in [6.45, 7) is 0.690. The molecular formula is C15H13Cl3N2O. The van der Waals surface area contributed by atoms with E-state index in [0.717, 1.165) is 0 Å². The number of anilines is 1. The molecule has 110 valence electrons. The summed E-state index contributed by atoms with van der Waals surface area (Å²) in [4.78, 5) is 14.2. The first-order valence-corrected chi connectivity index (χ1v) is 7.39. The number of amides is 1. The number of benzene rings is 2. The molecule has 0 saturated heterocycles. The molecule has 1 amide bonds. The Bertz CT molecular complexity index is 644. The second-order valence-corrected chi connectivity index (χ2v) is 5.54. The summed E-state index contributed by atoms with van der Waals surface area (Å²) in [5.41, 5.74) is 6.64. The lowest BCUT2D eigenvalue weighted by Gasteiger charge is -2.23. The van der Waals surface area contributed by atoms with Crippen molar-refractivity contribution < 1.29 is 4.79 Å². The average Bonchev–Trinajstić information content (AvgIpc) is 2.48. The zero-order chi connectivity index (χ0) is 15.4. The van der Waals surface area contributed by atoms with Crippen LogP contribution in [-0.2, 0) is 0 Å². The predicted octanol–water partition coefficient (Wildman–Crippen LogP) is 4.25. The Balaban J connectivity index is 2.40. The molecule has 0 unspecified atom stereocenters. The third-order valence-electron chi connectivity index (χ3n) is 2.92. The third kappa shape index (κ3) is 3.69. The van der Waals surface area contributed by atoms with Gasteiger partial charge in [-0.1, -0.05) is 40.9 Å². The number of carbonyl (C=O) groups is 1. The van der Waals surface area contributed by atoms with Crippen LogP contribution in [0.3, 0.4) is 0 Å². The first-order valence-electron chi connectivity index (χ1n) is 6.26. The van der Waals surface area contributed by atoms with E-state index in [-0.39, 0.29) is 10.9 Å². The van der Waals surface area contributed by atoms with Crippen LogP contribution in [0.15, 0.2) is 42.5 Å². The number of rotatable bonds is 4. The van der Waals surface area contributed by atoms with Crippen molar-refractivity contribution in [2.24, 2.45) is 5.73 Å². The van der Waals surface area contributed by atoms with Crippen LogP contribution >= 0.6 is 34.8 Å². The van der Waals surface area contributed by atoms with Crippen molar-refractivity contribution in [3.8, 4) is 0 Å². The minimum absolute atomic E-state index is 0.236. The molecule has 0 fully saturated rings. The maximum absolute atomic E-state index is 12.7. The molecule has 0 aliphatic heterocycles. The molecule has 2 N–H and O–H groups in total. The fourth-order valence-corrected chi connectivity index (χ4v) is 2.42. The molecule has 3 nitrogen and oxygen atoms in total. The van der Waals surface area contributed by atoms with Gasteiger partial charge in [-0.05, 0) is 36.4 Å². The first-order chi connectivity index (χ1) is 10.0. The number of nitrogens with zero attached hydrogens (tertiary/aromatic N) is 1. The van der Waals surface area contributed by atoms with Gasteiger partial charge in [0.2, 0.25) is 0 Å². The summed E-state index contributed by atoms with van der Waals surface area (Å²) < 4.78 is 0. The zero-order valence-corrected chi connectivity index (χ0v) is 13.3. The zero-order valence-electron chi connectivity index (χ0n) is 11.0. The molecule has 2 aromatic rings. The molecule has 0 heterocycles. The van der Waals surface area contributed by atoms with E-state index in [1.807, 2.05) is 0 Å². The molecule has 0 spiro atoms. The van der Waals surface area contributed by atoms with Gasteiger partial charge < -0.3 is 10.6 Å². The summed E-state index contributed by atoms with van der Waals surface area (Å²) in [6, 6.07) is 11.9. The monoisotopic (exact) mass is 342 g/mol. The van der Waals surface area contributed by atoms with Crippen molar-refractivity contribution in [1.82, 2.24) is 0 Å². The quantitative estimate of drug-likeness (QED) is 0.902. The van der Waals surface area contributed by atoms with Crippen molar-refractivity contribution in [1.29, 1.82) is 0 Å². The van der Waals surface area contributed by atoms with Gasteiger partial charge in [0.15, 0.2) is 0 Å². The fraction of sp³-hybridized carbons (Fsp3) is 0.133. The maximum Gasteiger partial charge on any atom is 0.259 e. The Labute approximate surface area is 138 Å². The van der Waals surface area contributed by atoms with Crippen molar-refractivity contribution in [3.05, 3.63) is 63.1 Å². The van der Waals surface area contributed by atoms with E-state index < -0.39 is 0 Å². The van der Waals surface area contributed by atoms with E-state index in [1.54, 1.807) is 47.4 Å². The van der Waals surface area contributed by atoms with Gasteiger partial charge in [0.1, 0.15) is 0 Å². The van der Waals surface area contributed by atoms with Crippen molar-refractivity contribution in [2.75, 3.05) is 18.0 Å². The van der Waals surface area contributed by atoms with Crippen molar-refractivity contribution >= 4 is 46.4 Å². The Hall–Kier alpha value is -1.26. The summed E-state index contributed by atoms with van der Waals surface area (Å²) in [6.07, 6.45) is 0. The second-order valence-electron chi connectivity index (χ2n) is 4.32. The van der Waals surface area contributed by atoms with Crippen LogP contribution in [0.5, 0.6) is 0 Å². The topological polar surface area (TPSA) is 46.3 Å². The highest BCUT2D eigenvalue weighted by atomic mass is 35.5. The highest BCUT2D eigenvalue weighted by Crippen LogP contribution is 2.28. The summed E-state index contributed by atoms with van der Waals surface area (Å²) in [5, 5.41) is 1.17. The lowest BCUT2D eigenvalue weighted by molar-refractivity contribution is 0.0987. The number of carbonyl (C=O) groups excluding carboxylic acids is 1. The lowest BCUT2D eigenvalue weighted by atomic mass is 10.1. The second kappa shape index (κ2) is 7.14. The van der Waals surface area contributed by atoms with Gasteiger partial charge in [-0.2, -0.15) is 0 Å². The average molecular weight is 344 g/mol. The molecule has 0 aromatic heterocycles. The van der Waals surface area contributed by atoms with Crippen LogP contribution < -0.4 is 10.6 Å². The Morgan fingerprint density at radius 2 is 1.71 bits per heavy atom. The predicted molar refractivity (Wildman–Crippen MR) is 88.6 cm³/mol. The summed E-state index contributed by atoms with van der Waals surface area (Å²) in [5.74, 6) is -0.254. The third-order valence-corrected chi connectivity index (χ3v) is 3.99. The smallest absolute Gasteiger partial charge is 0.259 e. The van der Waals surface area contributed by atoms with Gasteiger partial charge in [0.05, 0.1) is 15.6 Å². The van der Waals surface area contributed by atoms with Crippen molar-refractivity contribution in [2.45, 2.75) is 0 Å². The van der Waals surface area contributed by atoms with E-state index in [9.17, 15) is 4.79 Å². The van der Waals surface area contributed by atoms with Gasteiger partial charge >= 0.3 is 0 Å². The Morgan fingerprint density at radius 3 is 2.33 bits per heavy atom. The Morgan fingerprint density at radius 1 is 1.05 bits per heavy atom. The van der Waals surface area contributed by atoms with Gasteiger partial charge in [-0.15, -0.1) is 0 Å². The van der Waals surface area contributed by atoms with Crippen LogP contribution in [0.1, 0.15) is 10.4 Å². The molecule has 6 heteroatoms. The van der Waals surface area contributed by atoms with Gasteiger partial charge in [-0.25, -0.2) is 0 Å². The maximum atomic E-state index is 12.7. The molecule has 2 rings (SSSR count). The number of hydrogen-bond donors (Lipinski definition) is 1. The molecule has 2 aromatic carbocycles. The summed E-state index contributed by atoms with van der Waals surface area (Å²) >= 11 is 17.9. The number of hydrogen-bond acceptors (Lipinski definition) is 2. The molecular weight excluding hydrogens is 331 g/mol. The number of nitrogens with two attached hydrogens (primary N) is 1. The van der Waals surface area contributed by atoms with Crippen LogP contribution in [0.4, 0.5) is 5.69 Å². The van der Waals surface area contributed by atoms with Gasteiger partial charge in [-0.3, -0.25) is 4.79 Å². The molecule has 0 saturated carbocycles. The minimum Gasteiger partial charge on any atom is -0.329 e. The molecule has 0 atom stereocenters. The van der Waals surface area contributed by atoms with Gasteiger partial charge in [0, 0.05) is 23.8 Å². The van der Waals surface area contributed by atoms with E-state index in [2.05, 4.69) is 0 Å². The lowest BCUT2D eigenvalue weighted by Crippen LogP contribution is -2.35. The molecule has 0 aliphatic carbocycles. The van der Waals surface area contributed by atoms with Crippen molar-refractivity contribution in [3.63, 3.8) is 0 Å². The van der Waals surface area contributed by atoms with Crippen LogP contribution in [0.25, 0.3) is 0 Å². The van der Waals surface area contributed by atoms with Crippen LogP contribution in [0.2, 0.25) is 15.1 Å². The van der Waals surface area contributed by atoms with Crippen LogP contribution in [0, 0.1) is 0 Å². The Kier molecular flexibility index (Phi) is 5.48. The molecule has 21 heavy (non-hydrogen) atoms. The standard InChI is InChI=1S/C15H13Cl3N2O/c16-10-4-6-11(7-5-10)20(9-8-19)15(21)12-2-1-3-13(17)14(12)18/h1-7H,8-9,19H2. The van der Waals surface area contributed by atoms with E-state index in [0.29, 0.717) is 34.4 Å². The molecule has 0 bridgehead atoms. The van der Waals surface area contributed by atoms with Gasteiger partial charge in [0.25, 0.3) is 5.91 Å². The van der Waals surface area contributed by atoms with E-state index >= 15 is 0 Å². The largest absolute Gasteiger partial charge is 0.329 e. The van der Waals surface area contributed by atoms with E-state index in [1.165, 1.54) is 0 Å². The molecule has 0 radical (unpaired) electrons. The molecule has 0 aliphatic rings. The summed E-state index contributed by atoms with van der Waals surface area (Å²) in [7, 11) is 0. The first kappa shape index (κ1) is 16.1. The normalized spacial score (nSPS) is 10.5. The fourth-order valence-electron chi connectivity index (χ4n) is 1.91. The van der Waals surface area contributed by atoms with Crippen LogP contribution in [-0.4, -0.2) is 19.0 Å². The highest BCUT2D eigenvalue weighted by molar-refractivity contribution is 6.44.